The summed E-state index contributed by atoms with van der Waals surface area (Å²) in [7, 11) is 1.77. The first-order valence-corrected chi connectivity index (χ1v) is 11.9. The van der Waals surface area contributed by atoms with E-state index in [2.05, 4.69) is 5.32 Å². The van der Waals surface area contributed by atoms with E-state index in [1.54, 1.807) is 22.0 Å². The number of hydrogen-bond acceptors (Lipinski definition) is 4. The molecule has 174 valence electrons. The van der Waals surface area contributed by atoms with Crippen molar-refractivity contribution in [2.75, 3.05) is 20.1 Å². The molecule has 1 aromatic carbocycles. The molecular formula is C24H35N5O3. The second kappa shape index (κ2) is 9.90. The molecule has 0 radical (unpaired) electrons. The molecule has 1 aromatic rings. The topological polar surface area (TPSA) is 76.2 Å². The van der Waals surface area contributed by atoms with Crippen LogP contribution in [0.15, 0.2) is 30.3 Å². The van der Waals surface area contributed by atoms with Crippen LogP contribution < -0.4 is 5.32 Å². The van der Waals surface area contributed by atoms with Crippen molar-refractivity contribution >= 4 is 17.8 Å². The summed E-state index contributed by atoms with van der Waals surface area (Å²) in [4.78, 5) is 43.5. The van der Waals surface area contributed by atoms with Gasteiger partial charge in [0.2, 0.25) is 11.8 Å². The number of piperazine rings is 1. The average Bonchev–Trinajstić information content (AvgIpc) is 2.80. The molecule has 2 atom stereocenters. The summed E-state index contributed by atoms with van der Waals surface area (Å²) in [6.45, 7) is 2.91. The van der Waals surface area contributed by atoms with Gasteiger partial charge in [0.25, 0.3) is 0 Å². The Kier molecular flexibility index (Phi) is 6.98. The zero-order valence-electron chi connectivity index (χ0n) is 19.2. The monoisotopic (exact) mass is 441 g/mol. The summed E-state index contributed by atoms with van der Waals surface area (Å²) in [5.41, 5.74) is 1.01. The van der Waals surface area contributed by atoms with Crippen molar-refractivity contribution in [3.8, 4) is 0 Å². The molecule has 2 aliphatic heterocycles. The summed E-state index contributed by atoms with van der Waals surface area (Å²) in [6, 6.07) is 9.24. The highest BCUT2D eigenvalue weighted by atomic mass is 16.2. The Morgan fingerprint density at radius 2 is 1.81 bits per heavy atom. The van der Waals surface area contributed by atoms with Gasteiger partial charge in [0.15, 0.2) is 0 Å². The van der Waals surface area contributed by atoms with Crippen LogP contribution in [0.1, 0.15) is 57.4 Å². The number of carbonyl (C=O) groups is 3. The van der Waals surface area contributed by atoms with E-state index >= 15 is 0 Å². The standard InChI is InChI=1S/C24H35N5O3/c1-3-10-20-23(31)27(19-13-8-5-9-14-19)16-21-28(20)22(30)17-26(2)29(21)24(32)25-15-18-11-6-4-7-12-18/h4,6-7,11-12,19-21H,3,5,8-10,13-17H2,1-2H3,(H,25,32)/t20-,21-/m0/s1. The van der Waals surface area contributed by atoms with E-state index in [1.807, 2.05) is 42.2 Å². The number of nitrogens with zero attached hydrogens (tertiary/aromatic N) is 4. The van der Waals surface area contributed by atoms with Crippen LogP contribution in [0.25, 0.3) is 0 Å². The highest BCUT2D eigenvalue weighted by Crippen LogP contribution is 2.32. The molecule has 0 unspecified atom stereocenters. The zero-order valence-corrected chi connectivity index (χ0v) is 19.2. The van der Waals surface area contributed by atoms with E-state index in [1.165, 1.54) is 6.42 Å². The van der Waals surface area contributed by atoms with Crippen LogP contribution in [-0.4, -0.2) is 76.0 Å². The van der Waals surface area contributed by atoms with Gasteiger partial charge in [-0.05, 0) is 24.8 Å². The van der Waals surface area contributed by atoms with E-state index in [0.29, 0.717) is 19.5 Å². The summed E-state index contributed by atoms with van der Waals surface area (Å²) >= 11 is 0. The van der Waals surface area contributed by atoms with Crippen molar-refractivity contribution in [3.63, 3.8) is 0 Å². The maximum atomic E-state index is 13.5. The van der Waals surface area contributed by atoms with Gasteiger partial charge in [0.1, 0.15) is 12.2 Å². The van der Waals surface area contributed by atoms with Crippen molar-refractivity contribution in [2.24, 2.45) is 0 Å². The Balaban J connectivity index is 1.58. The molecule has 0 spiro atoms. The van der Waals surface area contributed by atoms with Crippen molar-refractivity contribution < 1.29 is 14.4 Å². The number of likely N-dealkylation sites (N-methyl/N-ethyl adjacent to an activating group) is 1. The van der Waals surface area contributed by atoms with Crippen molar-refractivity contribution in [2.45, 2.75) is 76.7 Å². The van der Waals surface area contributed by atoms with E-state index in [-0.39, 0.29) is 30.4 Å². The Morgan fingerprint density at radius 3 is 2.50 bits per heavy atom. The molecule has 0 bridgehead atoms. The minimum absolute atomic E-state index is 0.0533. The molecule has 8 nitrogen and oxygen atoms in total. The SMILES string of the molecule is CCC[C@H]1C(=O)N(C2CCCCC2)C[C@H]2N1C(=O)CN(C)N2C(=O)NCc1ccccc1. The highest BCUT2D eigenvalue weighted by molar-refractivity contribution is 5.91. The first-order chi connectivity index (χ1) is 15.5. The number of nitrogens with one attached hydrogen (secondary N) is 1. The van der Waals surface area contributed by atoms with Gasteiger partial charge >= 0.3 is 6.03 Å². The molecule has 3 aliphatic rings. The van der Waals surface area contributed by atoms with E-state index < -0.39 is 12.2 Å². The van der Waals surface area contributed by atoms with Crippen molar-refractivity contribution in [3.05, 3.63) is 35.9 Å². The summed E-state index contributed by atoms with van der Waals surface area (Å²) in [5.74, 6) is -0.0303. The van der Waals surface area contributed by atoms with Crippen LogP contribution in [0.2, 0.25) is 0 Å². The normalized spacial score (nSPS) is 25.1. The second-order valence-corrected chi connectivity index (χ2v) is 9.17. The van der Waals surface area contributed by atoms with Gasteiger partial charge in [-0.1, -0.05) is 62.9 Å². The van der Waals surface area contributed by atoms with Crippen LogP contribution in [0.3, 0.4) is 0 Å². The molecule has 4 amide bonds. The predicted molar refractivity (Wildman–Crippen MR) is 121 cm³/mol. The van der Waals surface area contributed by atoms with E-state index in [4.69, 9.17) is 0 Å². The first kappa shape index (κ1) is 22.6. The molecule has 32 heavy (non-hydrogen) atoms. The Morgan fingerprint density at radius 1 is 1.09 bits per heavy atom. The Hall–Kier alpha value is -2.61. The number of fused-ring (bicyclic) bond motifs is 1. The van der Waals surface area contributed by atoms with Gasteiger partial charge in [-0.2, -0.15) is 0 Å². The van der Waals surface area contributed by atoms with Gasteiger partial charge in [-0.25, -0.2) is 14.8 Å². The molecule has 4 rings (SSSR count). The van der Waals surface area contributed by atoms with Gasteiger partial charge < -0.3 is 15.1 Å². The highest BCUT2D eigenvalue weighted by Gasteiger charge is 2.51. The minimum Gasteiger partial charge on any atom is -0.334 e. The molecule has 2 heterocycles. The number of hydrazine groups is 1. The van der Waals surface area contributed by atoms with Crippen molar-refractivity contribution in [1.29, 1.82) is 0 Å². The molecule has 1 N–H and O–H groups in total. The summed E-state index contributed by atoms with van der Waals surface area (Å²) in [6.07, 6.45) is 6.41. The van der Waals surface area contributed by atoms with Gasteiger partial charge in [0, 0.05) is 19.6 Å². The zero-order chi connectivity index (χ0) is 22.7. The second-order valence-electron chi connectivity index (χ2n) is 9.17. The Labute approximate surface area is 190 Å². The van der Waals surface area contributed by atoms with Gasteiger partial charge in [0.05, 0.1) is 13.1 Å². The summed E-state index contributed by atoms with van der Waals surface area (Å²) in [5, 5.41) is 6.35. The lowest BCUT2D eigenvalue weighted by Gasteiger charge is -2.55. The largest absolute Gasteiger partial charge is 0.334 e. The van der Waals surface area contributed by atoms with Crippen LogP contribution in [0.5, 0.6) is 0 Å². The Bertz CT molecular complexity index is 826. The predicted octanol–water partition coefficient (Wildman–Crippen LogP) is 2.56. The fourth-order valence-corrected chi connectivity index (χ4v) is 5.39. The van der Waals surface area contributed by atoms with Crippen LogP contribution >= 0.6 is 0 Å². The fraction of sp³-hybridized carbons (Fsp3) is 0.625. The number of urea groups is 1. The van der Waals surface area contributed by atoms with Gasteiger partial charge in [-0.3, -0.25) is 9.59 Å². The molecule has 0 aromatic heterocycles. The third kappa shape index (κ3) is 4.46. The molecule has 8 heteroatoms. The number of rotatable bonds is 5. The third-order valence-electron chi connectivity index (χ3n) is 6.96. The quantitative estimate of drug-likeness (QED) is 0.762. The van der Waals surface area contributed by atoms with Crippen molar-refractivity contribution in [1.82, 2.24) is 25.1 Å². The van der Waals surface area contributed by atoms with E-state index in [0.717, 1.165) is 37.7 Å². The third-order valence-corrected chi connectivity index (χ3v) is 6.96. The minimum atomic E-state index is -0.494. The molecule has 1 aliphatic carbocycles. The maximum Gasteiger partial charge on any atom is 0.334 e. The average molecular weight is 442 g/mol. The maximum absolute atomic E-state index is 13.5. The van der Waals surface area contributed by atoms with Crippen LogP contribution in [0, 0.1) is 0 Å². The van der Waals surface area contributed by atoms with E-state index in [9.17, 15) is 14.4 Å². The number of benzene rings is 1. The van der Waals surface area contributed by atoms with Gasteiger partial charge in [-0.15, -0.1) is 0 Å². The lowest BCUT2D eigenvalue weighted by atomic mass is 9.91. The molecular weight excluding hydrogens is 406 g/mol. The van der Waals surface area contributed by atoms with Crippen LogP contribution in [-0.2, 0) is 16.1 Å². The molecule has 1 saturated carbocycles. The molecule has 3 fully saturated rings. The summed E-state index contributed by atoms with van der Waals surface area (Å²) < 4.78 is 0. The molecule has 2 saturated heterocycles. The number of hydrogen-bond donors (Lipinski definition) is 1. The lowest BCUT2D eigenvalue weighted by molar-refractivity contribution is -0.190. The smallest absolute Gasteiger partial charge is 0.334 e. The number of carbonyl (C=O) groups excluding carboxylic acids is 3. The fourth-order valence-electron chi connectivity index (χ4n) is 5.39. The number of amides is 4. The first-order valence-electron chi connectivity index (χ1n) is 11.9. The van der Waals surface area contributed by atoms with Crippen LogP contribution in [0.4, 0.5) is 4.79 Å². The lowest BCUT2D eigenvalue weighted by Crippen LogP contribution is -2.76.